The van der Waals surface area contributed by atoms with Crippen molar-refractivity contribution < 1.29 is 0 Å². The molecule has 2 aromatic carbocycles. The summed E-state index contributed by atoms with van der Waals surface area (Å²) in [5.74, 6) is 0. The lowest BCUT2D eigenvalue weighted by Gasteiger charge is -2.08. The van der Waals surface area contributed by atoms with Crippen LogP contribution in [0.4, 0.5) is 5.69 Å². The minimum absolute atomic E-state index is 0.828. The van der Waals surface area contributed by atoms with Crippen LogP contribution in [0.2, 0.25) is 0 Å². The maximum Gasteiger partial charge on any atom is 0.0455 e. The predicted octanol–water partition coefficient (Wildman–Crippen LogP) is 4.85. The molecule has 0 saturated heterocycles. The van der Waals surface area contributed by atoms with Gasteiger partial charge in [-0.2, -0.15) is 0 Å². The molecule has 0 radical (unpaired) electrons. The summed E-state index contributed by atoms with van der Waals surface area (Å²) in [5, 5.41) is 4.69. The maximum atomic E-state index is 3.57. The highest BCUT2D eigenvalue weighted by Gasteiger charge is 1.99. The normalized spacial score (nSPS) is 10.8. The van der Waals surface area contributed by atoms with Crippen LogP contribution in [0.1, 0.15) is 11.1 Å². The first-order valence-electron chi connectivity index (χ1n) is 6.28. The number of halogens is 1. The fourth-order valence-corrected chi connectivity index (χ4v) is 2.54. The van der Waals surface area contributed by atoms with Crippen LogP contribution in [0.15, 0.2) is 53.1 Å². The Kier molecular flexibility index (Phi) is 3.30. The van der Waals surface area contributed by atoms with E-state index < -0.39 is 0 Å². The highest BCUT2D eigenvalue weighted by atomic mass is 79.9. The number of fused-ring (bicyclic) bond motifs is 1. The minimum Gasteiger partial charge on any atom is -0.381 e. The molecule has 0 aliphatic rings. The Balaban J connectivity index is 1.75. The van der Waals surface area contributed by atoms with Crippen LogP contribution < -0.4 is 5.32 Å². The van der Waals surface area contributed by atoms with Gasteiger partial charge < -0.3 is 10.3 Å². The molecule has 0 saturated carbocycles. The number of aromatic nitrogens is 1. The Morgan fingerprint density at radius 3 is 2.84 bits per heavy atom. The fourth-order valence-electron chi connectivity index (χ4n) is 2.11. The Morgan fingerprint density at radius 1 is 1.11 bits per heavy atom. The number of H-pyrrole nitrogens is 1. The van der Waals surface area contributed by atoms with Gasteiger partial charge in [0.05, 0.1) is 0 Å². The number of aromatic amines is 1. The Labute approximate surface area is 121 Å². The highest BCUT2D eigenvalue weighted by molar-refractivity contribution is 9.10. The predicted molar refractivity (Wildman–Crippen MR) is 84.5 cm³/mol. The van der Waals surface area contributed by atoms with Crippen LogP contribution in [0.5, 0.6) is 0 Å². The molecule has 3 heteroatoms. The molecule has 3 aromatic rings. The lowest BCUT2D eigenvalue weighted by molar-refractivity contribution is 1.14. The smallest absolute Gasteiger partial charge is 0.0455 e. The van der Waals surface area contributed by atoms with Crippen LogP contribution in [0.25, 0.3) is 10.9 Å². The van der Waals surface area contributed by atoms with Crippen molar-refractivity contribution in [3.05, 3.63) is 64.3 Å². The molecule has 0 spiro atoms. The van der Waals surface area contributed by atoms with Crippen molar-refractivity contribution >= 4 is 32.5 Å². The number of benzene rings is 2. The summed E-state index contributed by atoms with van der Waals surface area (Å²) in [4.78, 5) is 3.20. The van der Waals surface area contributed by atoms with Crippen molar-refractivity contribution in [1.82, 2.24) is 4.98 Å². The van der Waals surface area contributed by atoms with Gasteiger partial charge in [0, 0.05) is 33.8 Å². The number of rotatable bonds is 3. The molecule has 0 unspecified atom stereocenters. The van der Waals surface area contributed by atoms with E-state index in [1.807, 2.05) is 6.20 Å². The second-order valence-electron chi connectivity index (χ2n) is 4.72. The molecule has 0 aliphatic heterocycles. The quantitative estimate of drug-likeness (QED) is 0.710. The van der Waals surface area contributed by atoms with Gasteiger partial charge in [-0.25, -0.2) is 0 Å². The summed E-state index contributed by atoms with van der Waals surface area (Å²) in [5.41, 5.74) is 4.84. The molecule has 96 valence electrons. The van der Waals surface area contributed by atoms with Crippen molar-refractivity contribution in [2.75, 3.05) is 5.32 Å². The summed E-state index contributed by atoms with van der Waals surface area (Å²) < 4.78 is 1.16. The first kappa shape index (κ1) is 12.3. The molecule has 19 heavy (non-hydrogen) atoms. The molecule has 0 fully saturated rings. The van der Waals surface area contributed by atoms with E-state index in [2.05, 4.69) is 75.6 Å². The molecule has 2 N–H and O–H groups in total. The molecular weight excluding hydrogens is 300 g/mol. The fraction of sp³-hybridized carbons (Fsp3) is 0.125. The van der Waals surface area contributed by atoms with E-state index in [0.717, 1.165) is 16.7 Å². The van der Waals surface area contributed by atoms with E-state index in [-0.39, 0.29) is 0 Å². The summed E-state index contributed by atoms with van der Waals surface area (Å²) >= 11 is 3.57. The van der Waals surface area contributed by atoms with E-state index >= 15 is 0 Å². The lowest BCUT2D eigenvalue weighted by atomic mass is 10.1. The van der Waals surface area contributed by atoms with Crippen LogP contribution in [-0.4, -0.2) is 4.98 Å². The Bertz CT molecular complexity index is 716. The second kappa shape index (κ2) is 5.10. The minimum atomic E-state index is 0.828. The largest absolute Gasteiger partial charge is 0.381 e. The average molecular weight is 315 g/mol. The highest BCUT2D eigenvalue weighted by Crippen LogP contribution is 2.20. The number of aryl methyl sites for hydroxylation is 1. The van der Waals surface area contributed by atoms with Crippen molar-refractivity contribution in [2.45, 2.75) is 13.5 Å². The van der Waals surface area contributed by atoms with Gasteiger partial charge in [-0.15, -0.1) is 0 Å². The molecule has 0 atom stereocenters. The van der Waals surface area contributed by atoms with Crippen molar-refractivity contribution in [2.24, 2.45) is 0 Å². The van der Waals surface area contributed by atoms with Crippen LogP contribution >= 0.6 is 15.9 Å². The van der Waals surface area contributed by atoms with E-state index in [1.165, 1.54) is 22.0 Å². The van der Waals surface area contributed by atoms with E-state index in [1.54, 1.807) is 0 Å². The summed E-state index contributed by atoms with van der Waals surface area (Å²) in [6.07, 6.45) is 1.96. The third kappa shape index (κ3) is 2.66. The second-order valence-corrected chi connectivity index (χ2v) is 5.57. The van der Waals surface area contributed by atoms with Crippen LogP contribution in [0.3, 0.4) is 0 Å². The van der Waals surface area contributed by atoms with Crippen LogP contribution in [0, 0.1) is 6.92 Å². The van der Waals surface area contributed by atoms with Gasteiger partial charge >= 0.3 is 0 Å². The van der Waals surface area contributed by atoms with Crippen molar-refractivity contribution in [3.8, 4) is 0 Å². The number of hydrogen-bond acceptors (Lipinski definition) is 1. The van der Waals surface area contributed by atoms with E-state index in [0.29, 0.717) is 0 Å². The average Bonchev–Trinajstić information content (AvgIpc) is 2.87. The van der Waals surface area contributed by atoms with Crippen molar-refractivity contribution in [1.29, 1.82) is 0 Å². The zero-order valence-corrected chi connectivity index (χ0v) is 12.3. The van der Waals surface area contributed by atoms with Crippen LogP contribution in [-0.2, 0) is 6.54 Å². The van der Waals surface area contributed by atoms with E-state index in [4.69, 9.17) is 0 Å². The van der Waals surface area contributed by atoms with E-state index in [9.17, 15) is 0 Å². The molecule has 0 amide bonds. The van der Waals surface area contributed by atoms with Gasteiger partial charge in [-0.1, -0.05) is 28.1 Å². The molecule has 1 aromatic heterocycles. The summed E-state index contributed by atoms with van der Waals surface area (Å²) in [6, 6.07) is 14.9. The third-order valence-corrected chi connectivity index (χ3v) is 4.14. The zero-order valence-electron chi connectivity index (χ0n) is 10.7. The topological polar surface area (TPSA) is 27.8 Å². The molecule has 1 heterocycles. The van der Waals surface area contributed by atoms with Gasteiger partial charge in [-0.3, -0.25) is 0 Å². The number of hydrogen-bond donors (Lipinski definition) is 2. The molecular formula is C16H15BrN2. The maximum absolute atomic E-state index is 3.57. The van der Waals surface area contributed by atoms with Gasteiger partial charge in [0.25, 0.3) is 0 Å². The molecule has 0 bridgehead atoms. The monoisotopic (exact) mass is 314 g/mol. The molecule has 0 aliphatic carbocycles. The Hall–Kier alpha value is -1.74. The SMILES string of the molecule is Cc1ccc(CNc2ccc3[nH]ccc3c2)cc1Br. The Morgan fingerprint density at radius 2 is 2.00 bits per heavy atom. The lowest BCUT2D eigenvalue weighted by Crippen LogP contribution is -1.99. The first-order valence-corrected chi connectivity index (χ1v) is 7.08. The summed E-state index contributed by atoms with van der Waals surface area (Å²) in [6.45, 7) is 2.93. The van der Waals surface area contributed by atoms with Gasteiger partial charge in [0.1, 0.15) is 0 Å². The first-order chi connectivity index (χ1) is 9.22. The number of anilines is 1. The van der Waals surface area contributed by atoms with Gasteiger partial charge in [-0.05, 0) is 48.4 Å². The molecule has 3 rings (SSSR count). The summed E-state index contributed by atoms with van der Waals surface area (Å²) in [7, 11) is 0. The molecule has 2 nitrogen and oxygen atoms in total. The van der Waals surface area contributed by atoms with Crippen molar-refractivity contribution in [3.63, 3.8) is 0 Å². The standard InChI is InChI=1S/C16H15BrN2/c1-11-2-3-12(8-15(11)17)10-19-14-4-5-16-13(9-14)6-7-18-16/h2-9,18-19H,10H2,1H3. The zero-order chi connectivity index (χ0) is 13.2. The van der Waals surface area contributed by atoms with Gasteiger partial charge in [0.2, 0.25) is 0 Å². The van der Waals surface area contributed by atoms with Gasteiger partial charge in [0.15, 0.2) is 0 Å². The third-order valence-electron chi connectivity index (χ3n) is 3.29. The number of nitrogens with one attached hydrogen (secondary N) is 2.